The molecule has 3 N–H and O–H groups in total. The summed E-state index contributed by atoms with van der Waals surface area (Å²) in [6.07, 6.45) is 3.93. The third-order valence-electron chi connectivity index (χ3n) is 5.04. The minimum Gasteiger partial charge on any atom is -0.494 e. The molecule has 0 spiro atoms. The second kappa shape index (κ2) is 10.8. The van der Waals surface area contributed by atoms with Crippen LogP contribution in [-0.4, -0.2) is 34.0 Å². The van der Waals surface area contributed by atoms with Gasteiger partial charge in [-0.2, -0.15) is 0 Å². The van der Waals surface area contributed by atoms with Crippen LogP contribution in [0.2, 0.25) is 0 Å². The van der Waals surface area contributed by atoms with Crippen LogP contribution in [0.25, 0.3) is 22.6 Å². The first kappa shape index (κ1) is 22.5. The van der Waals surface area contributed by atoms with Crippen molar-refractivity contribution in [3.63, 3.8) is 0 Å². The fourth-order valence-corrected chi connectivity index (χ4v) is 3.88. The number of unbranched alkanes of at least 4 members (excludes halogenated alkanes) is 1. The first-order valence-corrected chi connectivity index (χ1v) is 11.9. The van der Waals surface area contributed by atoms with Crippen molar-refractivity contribution in [2.45, 2.75) is 26.7 Å². The lowest BCUT2D eigenvalue weighted by Crippen LogP contribution is -2.13. The van der Waals surface area contributed by atoms with E-state index in [2.05, 4.69) is 27.5 Å². The third kappa shape index (κ3) is 5.59. The predicted molar refractivity (Wildman–Crippen MR) is 134 cm³/mol. The number of nitrogens with zero attached hydrogens (tertiary/aromatic N) is 2. The Hall–Kier alpha value is -3.65. The maximum Gasteiger partial charge on any atom is 0.276 e. The number of thiazole rings is 1. The second-order valence-corrected chi connectivity index (χ2v) is 8.31. The largest absolute Gasteiger partial charge is 0.494 e. The van der Waals surface area contributed by atoms with Crippen molar-refractivity contribution >= 4 is 28.1 Å². The van der Waals surface area contributed by atoms with Crippen molar-refractivity contribution in [3.8, 4) is 28.4 Å². The molecule has 4 rings (SSSR count). The van der Waals surface area contributed by atoms with E-state index < -0.39 is 0 Å². The highest BCUT2D eigenvalue weighted by molar-refractivity contribution is 7.13. The molecule has 0 unspecified atom stereocenters. The lowest BCUT2D eigenvalue weighted by Gasteiger charge is -2.05. The number of imidazole rings is 1. The van der Waals surface area contributed by atoms with Crippen LogP contribution < -0.4 is 15.4 Å². The van der Waals surface area contributed by atoms with Crippen molar-refractivity contribution in [3.05, 3.63) is 65.8 Å². The number of hydrogen-bond donors (Lipinski definition) is 3. The molecule has 0 aliphatic heterocycles. The number of rotatable bonds is 10. The van der Waals surface area contributed by atoms with E-state index in [-0.39, 0.29) is 5.91 Å². The number of aromatic nitrogens is 3. The number of aromatic amines is 1. The van der Waals surface area contributed by atoms with Crippen LogP contribution in [0.4, 0.5) is 10.8 Å². The van der Waals surface area contributed by atoms with Gasteiger partial charge in [0, 0.05) is 34.9 Å². The first-order chi connectivity index (χ1) is 16.2. The lowest BCUT2D eigenvalue weighted by atomic mass is 10.1. The quantitative estimate of drug-likeness (QED) is 0.250. The van der Waals surface area contributed by atoms with E-state index in [9.17, 15) is 4.79 Å². The fourth-order valence-electron chi connectivity index (χ4n) is 3.36. The monoisotopic (exact) mass is 461 g/mol. The summed E-state index contributed by atoms with van der Waals surface area (Å²) in [5, 5.41) is 8.61. The van der Waals surface area contributed by atoms with E-state index in [1.54, 1.807) is 6.20 Å². The number of hydrogen-bond acceptors (Lipinski definition) is 6. The topological polar surface area (TPSA) is 91.9 Å². The molecule has 7 nitrogen and oxygen atoms in total. The molecule has 0 aliphatic rings. The van der Waals surface area contributed by atoms with Crippen LogP contribution in [0.5, 0.6) is 5.75 Å². The highest BCUT2D eigenvalue weighted by Gasteiger charge is 2.20. The number of carbonyl (C=O) groups is 1. The SMILES string of the molecule is CCCCNc1ccc(-c2nc(-c3ccc(OCC)cc3)c(C(=O)Nc3nccs3)[nH]2)cc1. The molecular formula is C25H27N5O2S. The van der Waals surface area contributed by atoms with Crippen LogP contribution in [0.1, 0.15) is 37.2 Å². The minimum atomic E-state index is -0.287. The van der Waals surface area contributed by atoms with Gasteiger partial charge in [-0.1, -0.05) is 13.3 Å². The molecule has 0 bridgehead atoms. The fraction of sp³-hybridized carbons (Fsp3) is 0.240. The molecule has 170 valence electrons. The van der Waals surface area contributed by atoms with Crippen LogP contribution in [0.15, 0.2) is 60.1 Å². The molecule has 2 aromatic carbocycles. The van der Waals surface area contributed by atoms with E-state index in [4.69, 9.17) is 9.72 Å². The first-order valence-electron chi connectivity index (χ1n) is 11.1. The zero-order chi connectivity index (χ0) is 23.0. The summed E-state index contributed by atoms with van der Waals surface area (Å²) in [6.45, 7) is 5.65. The molecule has 0 atom stereocenters. The van der Waals surface area contributed by atoms with E-state index >= 15 is 0 Å². The lowest BCUT2D eigenvalue weighted by molar-refractivity contribution is 0.102. The van der Waals surface area contributed by atoms with Crippen molar-refractivity contribution in [2.75, 3.05) is 23.8 Å². The second-order valence-electron chi connectivity index (χ2n) is 7.42. The Labute approximate surface area is 197 Å². The summed E-state index contributed by atoms with van der Waals surface area (Å²) in [5.41, 5.74) is 3.74. The Bertz CT molecular complexity index is 1170. The average Bonchev–Trinajstić information content (AvgIpc) is 3.51. The number of anilines is 2. The van der Waals surface area contributed by atoms with E-state index in [1.807, 2.05) is 60.8 Å². The molecule has 0 aliphatic carbocycles. The Kier molecular flexibility index (Phi) is 7.36. The number of carbonyl (C=O) groups excluding carboxylic acids is 1. The molecule has 4 aromatic rings. The van der Waals surface area contributed by atoms with Gasteiger partial charge in [-0.3, -0.25) is 10.1 Å². The summed E-state index contributed by atoms with van der Waals surface area (Å²) in [7, 11) is 0. The summed E-state index contributed by atoms with van der Waals surface area (Å²) in [5.74, 6) is 1.12. The average molecular weight is 462 g/mol. The Balaban J connectivity index is 1.65. The van der Waals surface area contributed by atoms with Crippen molar-refractivity contribution in [2.24, 2.45) is 0 Å². The van der Waals surface area contributed by atoms with Gasteiger partial charge in [0.25, 0.3) is 5.91 Å². The van der Waals surface area contributed by atoms with Gasteiger partial charge in [0.05, 0.1) is 6.61 Å². The van der Waals surface area contributed by atoms with Crippen LogP contribution in [0.3, 0.4) is 0 Å². The normalized spacial score (nSPS) is 10.7. The van der Waals surface area contributed by atoms with Gasteiger partial charge in [0.15, 0.2) is 5.13 Å². The highest BCUT2D eigenvalue weighted by atomic mass is 32.1. The summed E-state index contributed by atoms with van der Waals surface area (Å²) < 4.78 is 5.55. The van der Waals surface area contributed by atoms with Crippen LogP contribution in [-0.2, 0) is 0 Å². The van der Waals surface area contributed by atoms with E-state index in [0.29, 0.717) is 29.0 Å². The Morgan fingerprint density at radius 3 is 2.48 bits per heavy atom. The number of amides is 1. The van der Waals surface area contributed by atoms with Crippen molar-refractivity contribution in [1.82, 2.24) is 15.0 Å². The molecule has 0 saturated heterocycles. The molecule has 0 radical (unpaired) electrons. The number of nitrogens with one attached hydrogen (secondary N) is 3. The zero-order valence-corrected chi connectivity index (χ0v) is 19.5. The number of benzene rings is 2. The molecule has 2 heterocycles. The maximum absolute atomic E-state index is 13.1. The van der Waals surface area contributed by atoms with Gasteiger partial charge in [-0.05, 0) is 61.9 Å². The van der Waals surface area contributed by atoms with E-state index in [1.165, 1.54) is 11.3 Å². The van der Waals surface area contributed by atoms with Crippen molar-refractivity contribution < 1.29 is 9.53 Å². The van der Waals surface area contributed by atoms with E-state index in [0.717, 1.165) is 42.0 Å². The molecule has 8 heteroatoms. The molecule has 1 amide bonds. The highest BCUT2D eigenvalue weighted by Crippen LogP contribution is 2.29. The Morgan fingerprint density at radius 2 is 1.82 bits per heavy atom. The van der Waals surface area contributed by atoms with Crippen molar-refractivity contribution in [1.29, 1.82) is 0 Å². The predicted octanol–water partition coefficient (Wildman–Crippen LogP) is 6.06. The van der Waals surface area contributed by atoms with Crippen LogP contribution in [0, 0.1) is 0 Å². The van der Waals surface area contributed by atoms with Crippen LogP contribution >= 0.6 is 11.3 Å². The van der Waals surface area contributed by atoms with Gasteiger partial charge in [0.2, 0.25) is 0 Å². The summed E-state index contributed by atoms with van der Waals surface area (Å²) in [6, 6.07) is 15.6. The molecule has 33 heavy (non-hydrogen) atoms. The van der Waals surface area contributed by atoms with Gasteiger partial charge in [-0.15, -0.1) is 11.3 Å². The molecule has 0 saturated carbocycles. The molecule has 0 fully saturated rings. The molecular weight excluding hydrogens is 434 g/mol. The summed E-state index contributed by atoms with van der Waals surface area (Å²) >= 11 is 1.37. The van der Waals surface area contributed by atoms with Gasteiger partial charge in [-0.25, -0.2) is 9.97 Å². The van der Waals surface area contributed by atoms with Gasteiger partial charge >= 0.3 is 0 Å². The number of H-pyrrole nitrogens is 1. The Morgan fingerprint density at radius 1 is 1.06 bits per heavy atom. The zero-order valence-electron chi connectivity index (χ0n) is 18.7. The minimum absolute atomic E-state index is 0.287. The third-order valence-corrected chi connectivity index (χ3v) is 5.73. The maximum atomic E-state index is 13.1. The smallest absolute Gasteiger partial charge is 0.276 e. The summed E-state index contributed by atoms with van der Waals surface area (Å²) in [4.78, 5) is 25.2. The molecule has 2 aromatic heterocycles. The van der Waals surface area contributed by atoms with Gasteiger partial charge in [0.1, 0.15) is 23.0 Å². The van der Waals surface area contributed by atoms with Gasteiger partial charge < -0.3 is 15.0 Å². The standard InChI is InChI=1S/C25H27N5O2S/c1-3-5-14-26-19-10-6-18(7-11-19)23-28-21(17-8-12-20(13-9-17)32-4-2)22(29-23)24(31)30-25-27-15-16-33-25/h6-13,15-16,26H,3-5,14H2,1-2H3,(H,28,29)(H,27,30,31). The number of ether oxygens (including phenoxy) is 1.